The van der Waals surface area contributed by atoms with Gasteiger partial charge in [0, 0.05) is 18.8 Å². The highest BCUT2D eigenvalue weighted by Gasteiger charge is 2.44. The molecule has 2 heterocycles. The normalized spacial score (nSPS) is 23.2. The number of aliphatic hydroxyl groups excluding tert-OH is 1. The van der Waals surface area contributed by atoms with Crippen molar-refractivity contribution in [2.75, 3.05) is 32.0 Å². The molecule has 2 fully saturated rings. The summed E-state index contributed by atoms with van der Waals surface area (Å²) >= 11 is 0. The summed E-state index contributed by atoms with van der Waals surface area (Å²) in [5.74, 6) is 0.0273. The van der Waals surface area contributed by atoms with Gasteiger partial charge in [-0.2, -0.15) is 4.31 Å². The molecule has 0 spiro atoms. The molecule has 0 saturated carbocycles. The maximum absolute atomic E-state index is 13.6. The number of ether oxygens (including phenoxy) is 3. The summed E-state index contributed by atoms with van der Waals surface area (Å²) in [5, 5.41) is 14.2. The Morgan fingerprint density at radius 1 is 1.15 bits per heavy atom. The van der Waals surface area contributed by atoms with Crippen molar-refractivity contribution in [1.82, 2.24) is 9.62 Å². The molecule has 2 aliphatic rings. The summed E-state index contributed by atoms with van der Waals surface area (Å²) in [5.41, 5.74) is 7.09. The van der Waals surface area contributed by atoms with E-state index in [1.165, 1.54) is 28.6 Å². The van der Waals surface area contributed by atoms with Gasteiger partial charge in [0.2, 0.25) is 10.0 Å². The van der Waals surface area contributed by atoms with E-state index in [1.54, 1.807) is 0 Å². The van der Waals surface area contributed by atoms with Gasteiger partial charge < -0.3 is 30.4 Å². The Morgan fingerprint density at radius 2 is 1.87 bits per heavy atom. The van der Waals surface area contributed by atoms with Gasteiger partial charge in [0.25, 0.3) is 0 Å². The van der Waals surface area contributed by atoms with Gasteiger partial charge in [-0.1, -0.05) is 50.6 Å². The van der Waals surface area contributed by atoms with Crippen molar-refractivity contribution in [2.24, 2.45) is 11.8 Å². The molecule has 6 atom stereocenters. The summed E-state index contributed by atoms with van der Waals surface area (Å²) < 4.78 is 45.2. The van der Waals surface area contributed by atoms with E-state index in [1.807, 2.05) is 44.2 Å². The van der Waals surface area contributed by atoms with Crippen molar-refractivity contribution >= 4 is 21.8 Å². The number of nitrogen functional groups attached to an aromatic ring is 1. The highest BCUT2D eigenvalue weighted by atomic mass is 32.2. The van der Waals surface area contributed by atoms with E-state index in [0.717, 1.165) is 18.4 Å². The Bertz CT molecular complexity index is 1180. The van der Waals surface area contributed by atoms with Crippen LogP contribution in [-0.2, 0) is 30.7 Å². The number of rotatable bonds is 12. The number of carbonyl (C=O) groups excluding carboxylic acids is 1. The smallest absolute Gasteiger partial charge is 0.407 e. The molecule has 6 unspecified atom stereocenters. The summed E-state index contributed by atoms with van der Waals surface area (Å²) in [7, 11) is -3.94. The fourth-order valence-corrected chi connectivity index (χ4v) is 6.47. The molecule has 0 aliphatic carbocycles. The Morgan fingerprint density at radius 3 is 2.56 bits per heavy atom. The molecule has 10 nitrogen and oxygen atoms in total. The standard InChI is InChI=1S/C28H39N3O7S/c1-3-19(2)16-31(39(34,35)22-11-9-21(29)10-12-22)17-25(32)24(15-20-7-5-4-6-8-20)30-28(33)38-26-18-37-27-23(26)13-14-36-27/h4-12,19,23-27,32H,3,13-18,29H2,1-2H3,(H,30,33). The topological polar surface area (TPSA) is 140 Å². The minimum Gasteiger partial charge on any atom is -0.443 e. The Labute approximate surface area is 230 Å². The summed E-state index contributed by atoms with van der Waals surface area (Å²) in [6.45, 7) is 4.75. The third-order valence-electron chi connectivity index (χ3n) is 7.43. The average Bonchev–Trinajstić information content (AvgIpc) is 3.54. The molecule has 4 rings (SSSR count). The zero-order valence-corrected chi connectivity index (χ0v) is 23.3. The van der Waals surface area contributed by atoms with E-state index in [0.29, 0.717) is 12.3 Å². The number of hydrogen-bond donors (Lipinski definition) is 3. The van der Waals surface area contributed by atoms with Crippen LogP contribution >= 0.6 is 0 Å². The lowest BCUT2D eigenvalue weighted by molar-refractivity contribution is -0.0907. The van der Waals surface area contributed by atoms with Crippen LogP contribution in [0.4, 0.5) is 10.5 Å². The highest BCUT2D eigenvalue weighted by Crippen LogP contribution is 2.33. The molecule has 11 heteroatoms. The van der Waals surface area contributed by atoms with Crippen molar-refractivity contribution in [1.29, 1.82) is 0 Å². The number of benzene rings is 2. The number of aliphatic hydroxyl groups is 1. The number of hydrogen-bond acceptors (Lipinski definition) is 8. The first-order valence-electron chi connectivity index (χ1n) is 13.5. The van der Waals surface area contributed by atoms with Crippen LogP contribution in [0, 0.1) is 11.8 Å². The van der Waals surface area contributed by atoms with Gasteiger partial charge in [0.15, 0.2) is 6.29 Å². The van der Waals surface area contributed by atoms with Gasteiger partial charge in [-0.05, 0) is 48.6 Å². The van der Waals surface area contributed by atoms with E-state index < -0.39 is 34.4 Å². The first kappa shape index (κ1) is 29.3. The van der Waals surface area contributed by atoms with Crippen molar-refractivity contribution in [3.8, 4) is 0 Å². The van der Waals surface area contributed by atoms with E-state index in [2.05, 4.69) is 5.32 Å². The lowest BCUT2D eigenvalue weighted by atomic mass is 10.0. The molecule has 2 saturated heterocycles. The lowest BCUT2D eigenvalue weighted by Gasteiger charge is -2.31. The molecule has 1 amide bonds. The van der Waals surface area contributed by atoms with Gasteiger partial charge in [-0.15, -0.1) is 0 Å². The molecule has 0 bridgehead atoms. The maximum atomic E-state index is 13.6. The van der Waals surface area contributed by atoms with Crippen molar-refractivity contribution < 1.29 is 32.5 Å². The average molecular weight is 562 g/mol. The van der Waals surface area contributed by atoms with Gasteiger partial charge in [0.1, 0.15) is 6.10 Å². The number of amides is 1. The number of anilines is 1. The third kappa shape index (κ3) is 7.49. The zero-order chi connectivity index (χ0) is 28.0. The van der Waals surface area contributed by atoms with Crippen molar-refractivity contribution in [2.45, 2.75) is 62.5 Å². The molecule has 2 aliphatic heterocycles. The molecule has 0 aromatic heterocycles. The number of sulfonamides is 1. The number of nitrogens with two attached hydrogens (primary N) is 1. The van der Waals surface area contributed by atoms with Crippen LogP contribution in [0.1, 0.15) is 32.3 Å². The van der Waals surface area contributed by atoms with Gasteiger partial charge in [-0.3, -0.25) is 0 Å². The largest absolute Gasteiger partial charge is 0.443 e. The van der Waals surface area contributed by atoms with Gasteiger partial charge in [-0.25, -0.2) is 13.2 Å². The highest BCUT2D eigenvalue weighted by molar-refractivity contribution is 7.89. The second kappa shape index (κ2) is 13.1. The summed E-state index contributed by atoms with van der Waals surface area (Å²) in [6, 6.07) is 14.6. The van der Waals surface area contributed by atoms with E-state index in [9.17, 15) is 18.3 Å². The van der Waals surface area contributed by atoms with Crippen LogP contribution in [0.5, 0.6) is 0 Å². The fourth-order valence-electron chi connectivity index (χ4n) is 4.89. The third-order valence-corrected chi connectivity index (χ3v) is 9.28. The first-order valence-corrected chi connectivity index (χ1v) is 14.9. The minimum absolute atomic E-state index is 0.0238. The predicted octanol–water partition coefficient (Wildman–Crippen LogP) is 2.77. The van der Waals surface area contributed by atoms with Crippen molar-refractivity contribution in [3.63, 3.8) is 0 Å². The van der Waals surface area contributed by atoms with Crippen LogP contribution in [0.25, 0.3) is 0 Å². The Kier molecular flexibility index (Phi) is 9.84. The molecule has 4 N–H and O–H groups in total. The molecule has 2 aromatic carbocycles. The van der Waals surface area contributed by atoms with E-state index >= 15 is 0 Å². The molecular formula is C28H39N3O7S. The number of nitrogens with one attached hydrogen (secondary N) is 1. The van der Waals surface area contributed by atoms with Crippen molar-refractivity contribution in [3.05, 3.63) is 60.2 Å². The van der Waals surface area contributed by atoms with E-state index in [-0.39, 0.29) is 49.1 Å². The second-order valence-corrected chi connectivity index (χ2v) is 12.3. The van der Waals surface area contributed by atoms with E-state index in [4.69, 9.17) is 19.9 Å². The monoisotopic (exact) mass is 561 g/mol. The minimum atomic E-state index is -3.94. The number of nitrogens with zero attached hydrogens (tertiary/aromatic N) is 1. The Balaban J connectivity index is 1.52. The van der Waals surface area contributed by atoms with Crippen LogP contribution in [0.15, 0.2) is 59.5 Å². The lowest BCUT2D eigenvalue weighted by Crippen LogP contribution is -2.51. The second-order valence-electron chi connectivity index (χ2n) is 10.4. The summed E-state index contributed by atoms with van der Waals surface area (Å²) in [4.78, 5) is 13.1. The molecule has 0 radical (unpaired) electrons. The maximum Gasteiger partial charge on any atom is 0.407 e. The quantitative estimate of drug-likeness (QED) is 0.336. The van der Waals surface area contributed by atoms with Gasteiger partial charge >= 0.3 is 6.09 Å². The van der Waals surface area contributed by atoms with Crippen LogP contribution in [0.2, 0.25) is 0 Å². The molecular weight excluding hydrogens is 522 g/mol. The molecule has 2 aromatic rings. The molecule has 39 heavy (non-hydrogen) atoms. The van der Waals surface area contributed by atoms with Gasteiger partial charge in [0.05, 0.1) is 36.2 Å². The number of carbonyl (C=O) groups is 1. The molecule has 214 valence electrons. The SMILES string of the molecule is CCC(C)CN(CC(O)C(Cc1ccccc1)NC(=O)OC1COC2OCCC12)S(=O)(=O)c1ccc(N)cc1. The Hall–Kier alpha value is -2.70. The van der Waals surface area contributed by atoms with Crippen LogP contribution < -0.4 is 11.1 Å². The predicted molar refractivity (Wildman–Crippen MR) is 146 cm³/mol. The van der Waals surface area contributed by atoms with Crippen LogP contribution in [0.3, 0.4) is 0 Å². The number of alkyl carbamates (subject to hydrolysis) is 1. The zero-order valence-electron chi connectivity index (χ0n) is 22.4. The fraction of sp³-hybridized carbons (Fsp3) is 0.536. The number of fused-ring (bicyclic) bond motifs is 1. The summed E-state index contributed by atoms with van der Waals surface area (Å²) in [6.07, 6.45) is -0.921. The van der Waals surface area contributed by atoms with Crippen LogP contribution in [-0.4, -0.2) is 74.8 Å². The first-order chi connectivity index (χ1) is 18.7.